The molecule has 0 rings (SSSR count). The van der Waals surface area contributed by atoms with E-state index in [2.05, 4.69) is 12.1 Å². The van der Waals surface area contributed by atoms with Crippen molar-refractivity contribution in [2.24, 2.45) is 5.18 Å². The molecule has 0 saturated heterocycles. The van der Waals surface area contributed by atoms with Crippen LogP contribution >= 0.6 is 0 Å². The minimum atomic E-state index is -1.93. The van der Waals surface area contributed by atoms with E-state index in [4.69, 9.17) is 9.84 Å². The Labute approximate surface area is 130 Å². The SMILES string of the molecule is CCCCCCCCOC(=O)C(N=O)C(O)C(O)C(O)CO. The highest BCUT2D eigenvalue weighted by Gasteiger charge is 2.37. The lowest BCUT2D eigenvalue weighted by molar-refractivity contribution is -0.153. The smallest absolute Gasteiger partial charge is 0.337 e. The number of unbranched alkanes of at least 4 members (excludes halogenated alkanes) is 5. The van der Waals surface area contributed by atoms with E-state index in [0.717, 1.165) is 32.1 Å². The summed E-state index contributed by atoms with van der Waals surface area (Å²) in [5.41, 5.74) is 0. The fraction of sp³-hybridized carbons (Fsp3) is 0.929. The molecule has 0 amide bonds. The van der Waals surface area contributed by atoms with Crippen LogP contribution in [0.2, 0.25) is 0 Å². The standard InChI is InChI=1S/C14H27NO7/c1-2-3-4-5-6-7-8-22-14(20)11(15-21)13(19)12(18)10(17)9-16/h10-13,16-19H,2-9H2,1H3. The number of hydrogen-bond donors (Lipinski definition) is 4. The molecular weight excluding hydrogens is 294 g/mol. The predicted octanol–water partition coefficient (Wildman–Crippen LogP) is 0.100. The number of aliphatic hydroxyl groups excluding tert-OH is 4. The van der Waals surface area contributed by atoms with Crippen LogP contribution in [0, 0.1) is 4.91 Å². The van der Waals surface area contributed by atoms with Gasteiger partial charge in [0.15, 0.2) is 0 Å². The van der Waals surface area contributed by atoms with E-state index in [9.17, 15) is 25.0 Å². The predicted molar refractivity (Wildman–Crippen MR) is 79.0 cm³/mol. The Hall–Kier alpha value is -1.09. The Morgan fingerprint density at radius 3 is 2.18 bits per heavy atom. The third-order valence-electron chi connectivity index (χ3n) is 3.35. The summed E-state index contributed by atoms with van der Waals surface area (Å²) >= 11 is 0. The van der Waals surface area contributed by atoms with Gasteiger partial charge in [0, 0.05) is 0 Å². The summed E-state index contributed by atoms with van der Waals surface area (Å²) < 4.78 is 4.84. The summed E-state index contributed by atoms with van der Waals surface area (Å²) in [6.07, 6.45) is 0.504. The zero-order chi connectivity index (χ0) is 17.0. The summed E-state index contributed by atoms with van der Waals surface area (Å²) in [5.74, 6) is -1.06. The maximum Gasteiger partial charge on any atom is 0.337 e. The molecule has 8 heteroatoms. The zero-order valence-electron chi connectivity index (χ0n) is 12.9. The second kappa shape index (κ2) is 12.5. The van der Waals surface area contributed by atoms with Crippen LogP contribution in [0.3, 0.4) is 0 Å². The topological polar surface area (TPSA) is 137 Å². The van der Waals surface area contributed by atoms with Crippen LogP contribution in [-0.2, 0) is 9.53 Å². The van der Waals surface area contributed by atoms with Gasteiger partial charge in [-0.1, -0.05) is 44.2 Å². The van der Waals surface area contributed by atoms with Gasteiger partial charge in [0.25, 0.3) is 0 Å². The minimum Gasteiger partial charge on any atom is -0.464 e. The molecular formula is C14H27NO7. The number of nitroso groups, excluding NO2 is 1. The molecule has 0 aliphatic rings. The van der Waals surface area contributed by atoms with Crippen molar-refractivity contribution in [3.8, 4) is 0 Å². The normalized spacial score (nSPS) is 16.6. The van der Waals surface area contributed by atoms with Crippen molar-refractivity contribution in [2.45, 2.75) is 69.8 Å². The molecule has 8 nitrogen and oxygen atoms in total. The average molecular weight is 321 g/mol. The van der Waals surface area contributed by atoms with Gasteiger partial charge >= 0.3 is 5.97 Å². The third kappa shape index (κ3) is 7.79. The van der Waals surface area contributed by atoms with Gasteiger partial charge in [-0.25, -0.2) is 4.79 Å². The molecule has 0 aromatic carbocycles. The van der Waals surface area contributed by atoms with Gasteiger partial charge in [-0.05, 0) is 6.42 Å². The van der Waals surface area contributed by atoms with Crippen molar-refractivity contribution in [1.82, 2.24) is 0 Å². The summed E-state index contributed by atoms with van der Waals surface area (Å²) in [6, 6.07) is -1.84. The number of aliphatic hydroxyl groups is 4. The van der Waals surface area contributed by atoms with Gasteiger partial charge in [-0.15, -0.1) is 4.91 Å². The molecule has 4 atom stereocenters. The molecule has 0 aromatic heterocycles. The number of carbonyl (C=O) groups excluding carboxylic acids is 1. The Morgan fingerprint density at radius 1 is 1.05 bits per heavy atom. The molecule has 4 unspecified atom stereocenters. The van der Waals surface area contributed by atoms with Crippen molar-refractivity contribution in [1.29, 1.82) is 0 Å². The number of esters is 1. The first-order valence-electron chi connectivity index (χ1n) is 7.63. The maximum absolute atomic E-state index is 11.6. The molecule has 22 heavy (non-hydrogen) atoms. The van der Waals surface area contributed by atoms with Crippen LogP contribution in [0.15, 0.2) is 5.18 Å². The fourth-order valence-corrected chi connectivity index (χ4v) is 1.91. The number of nitrogens with zero attached hydrogens (tertiary/aromatic N) is 1. The molecule has 0 saturated carbocycles. The summed E-state index contributed by atoms with van der Waals surface area (Å²) in [5, 5.41) is 39.4. The molecule has 0 spiro atoms. The summed E-state index contributed by atoms with van der Waals surface area (Å²) in [7, 11) is 0. The van der Waals surface area contributed by atoms with E-state index in [1.807, 2.05) is 0 Å². The number of ether oxygens (including phenoxy) is 1. The number of rotatable bonds is 13. The van der Waals surface area contributed by atoms with Crippen LogP contribution in [-0.4, -0.2) is 64.0 Å². The molecule has 0 heterocycles. The van der Waals surface area contributed by atoms with Crippen LogP contribution in [0.4, 0.5) is 0 Å². The van der Waals surface area contributed by atoms with E-state index in [1.54, 1.807) is 0 Å². The lowest BCUT2D eigenvalue weighted by Gasteiger charge is -2.23. The van der Waals surface area contributed by atoms with E-state index >= 15 is 0 Å². The maximum atomic E-state index is 11.6. The highest BCUT2D eigenvalue weighted by Crippen LogP contribution is 2.11. The highest BCUT2D eigenvalue weighted by atomic mass is 16.5. The largest absolute Gasteiger partial charge is 0.464 e. The molecule has 130 valence electrons. The fourth-order valence-electron chi connectivity index (χ4n) is 1.91. The van der Waals surface area contributed by atoms with Crippen LogP contribution in [0.25, 0.3) is 0 Å². The monoisotopic (exact) mass is 321 g/mol. The quantitative estimate of drug-likeness (QED) is 0.214. The number of hydrogen-bond acceptors (Lipinski definition) is 8. The van der Waals surface area contributed by atoms with E-state index in [0.29, 0.717) is 6.42 Å². The van der Waals surface area contributed by atoms with Crippen molar-refractivity contribution >= 4 is 5.97 Å². The molecule has 4 N–H and O–H groups in total. The van der Waals surface area contributed by atoms with Crippen molar-refractivity contribution in [3.05, 3.63) is 4.91 Å². The summed E-state index contributed by atoms with van der Waals surface area (Å²) in [4.78, 5) is 22.3. The van der Waals surface area contributed by atoms with E-state index in [-0.39, 0.29) is 6.61 Å². The minimum absolute atomic E-state index is 0.0996. The van der Waals surface area contributed by atoms with Gasteiger partial charge < -0.3 is 25.2 Å². The van der Waals surface area contributed by atoms with Crippen LogP contribution in [0.5, 0.6) is 0 Å². The highest BCUT2D eigenvalue weighted by molar-refractivity contribution is 5.76. The Morgan fingerprint density at radius 2 is 1.64 bits per heavy atom. The second-order valence-electron chi connectivity index (χ2n) is 5.22. The van der Waals surface area contributed by atoms with E-state index < -0.39 is 36.9 Å². The molecule has 0 fully saturated rings. The van der Waals surface area contributed by atoms with Crippen molar-refractivity contribution < 1.29 is 30.0 Å². The van der Waals surface area contributed by atoms with Crippen molar-refractivity contribution in [2.75, 3.05) is 13.2 Å². The van der Waals surface area contributed by atoms with Gasteiger partial charge in [0.1, 0.15) is 18.3 Å². The lowest BCUT2D eigenvalue weighted by atomic mass is 10.0. The summed E-state index contributed by atoms with van der Waals surface area (Å²) in [6.45, 7) is 1.39. The average Bonchev–Trinajstić information content (AvgIpc) is 2.52. The Kier molecular flexibility index (Phi) is 11.8. The molecule has 0 aliphatic heterocycles. The van der Waals surface area contributed by atoms with Gasteiger partial charge in [-0.3, -0.25) is 0 Å². The second-order valence-corrected chi connectivity index (χ2v) is 5.22. The van der Waals surface area contributed by atoms with Gasteiger partial charge in [0.05, 0.1) is 13.2 Å². The van der Waals surface area contributed by atoms with Crippen LogP contribution < -0.4 is 0 Å². The zero-order valence-corrected chi connectivity index (χ0v) is 12.9. The van der Waals surface area contributed by atoms with Crippen LogP contribution in [0.1, 0.15) is 45.4 Å². The molecule has 0 radical (unpaired) electrons. The van der Waals surface area contributed by atoms with Gasteiger partial charge in [0.2, 0.25) is 6.04 Å². The lowest BCUT2D eigenvalue weighted by Crippen LogP contribution is -2.48. The molecule has 0 aromatic rings. The molecule has 0 aliphatic carbocycles. The number of carbonyl (C=O) groups is 1. The third-order valence-corrected chi connectivity index (χ3v) is 3.35. The van der Waals surface area contributed by atoms with Gasteiger partial charge in [-0.2, -0.15) is 0 Å². The first kappa shape index (κ1) is 20.9. The van der Waals surface area contributed by atoms with Crippen molar-refractivity contribution in [3.63, 3.8) is 0 Å². The van der Waals surface area contributed by atoms with E-state index in [1.165, 1.54) is 0 Å². The molecule has 0 bridgehead atoms. The Balaban J connectivity index is 4.11. The Bertz CT molecular complexity index is 314. The first-order valence-corrected chi connectivity index (χ1v) is 7.63. The first-order chi connectivity index (χ1) is 10.5.